The van der Waals surface area contributed by atoms with Crippen LogP contribution in [0.1, 0.15) is 6.92 Å². The zero-order chi connectivity index (χ0) is 20.3. The molecule has 0 aliphatic carbocycles. The van der Waals surface area contributed by atoms with Crippen LogP contribution in [0.2, 0.25) is 10.2 Å². The molecule has 2 N–H and O–H groups in total. The molecule has 1 amide bonds. The number of sulfonamides is 1. The molecular weight excluding hydrogens is 423 g/mol. The number of carbonyl (C=O) groups excluding carboxylic acids is 1. The molecule has 0 fully saturated rings. The highest BCUT2D eigenvalue weighted by Gasteiger charge is 2.17. The molecule has 0 aliphatic rings. The second-order valence-corrected chi connectivity index (χ2v) is 8.21. The number of aromatic nitrogens is 2. The number of pyridine rings is 2. The summed E-state index contributed by atoms with van der Waals surface area (Å²) in [6.07, 6.45) is 3.02. The normalized spacial score (nSPS) is 11.1. The molecule has 28 heavy (non-hydrogen) atoms. The minimum Gasteiger partial charge on any atom is -0.311 e. The summed E-state index contributed by atoms with van der Waals surface area (Å²) in [6.45, 7) is 1.38. The third-order valence-corrected chi connectivity index (χ3v) is 5.54. The van der Waals surface area contributed by atoms with Crippen molar-refractivity contribution < 1.29 is 13.2 Å². The van der Waals surface area contributed by atoms with E-state index in [9.17, 15) is 13.2 Å². The van der Waals surface area contributed by atoms with Crippen LogP contribution in [0.5, 0.6) is 0 Å². The molecule has 0 atom stereocenters. The molecule has 3 aromatic rings. The Morgan fingerprint density at radius 1 is 1.00 bits per heavy atom. The predicted molar refractivity (Wildman–Crippen MR) is 109 cm³/mol. The van der Waals surface area contributed by atoms with Gasteiger partial charge in [0.1, 0.15) is 5.82 Å². The number of anilines is 2. The SMILES string of the molecule is CC(=O)Nc1cc(-c2cnc(Cl)c(NS(=O)(=O)c3ccc(Cl)cc3)c2)ccn1. The Balaban J connectivity index is 1.94. The standard InChI is InChI=1S/C18H14Cl2N4O3S/c1-11(25)23-17-9-12(6-7-21-17)13-8-16(18(20)22-10-13)24-28(26,27)15-4-2-14(19)3-5-15/h2-10,24H,1H3,(H,21,23,25). The molecule has 2 aromatic heterocycles. The second-order valence-electron chi connectivity index (χ2n) is 5.73. The lowest BCUT2D eigenvalue weighted by molar-refractivity contribution is -0.114. The Bertz CT molecular complexity index is 1140. The fraction of sp³-hybridized carbons (Fsp3) is 0.0556. The number of nitrogens with one attached hydrogen (secondary N) is 2. The first-order valence-corrected chi connectivity index (χ1v) is 10.2. The summed E-state index contributed by atoms with van der Waals surface area (Å²) >= 11 is 11.9. The monoisotopic (exact) mass is 436 g/mol. The summed E-state index contributed by atoms with van der Waals surface area (Å²) in [5, 5.41) is 3.01. The molecule has 10 heteroatoms. The molecule has 2 heterocycles. The number of benzene rings is 1. The van der Waals surface area contributed by atoms with Gasteiger partial charge in [0, 0.05) is 29.9 Å². The van der Waals surface area contributed by atoms with Crippen molar-refractivity contribution in [3.63, 3.8) is 0 Å². The first-order valence-electron chi connectivity index (χ1n) is 7.92. The molecule has 0 aliphatic heterocycles. The Hall–Kier alpha value is -2.68. The van der Waals surface area contributed by atoms with E-state index in [0.717, 1.165) is 0 Å². The number of amides is 1. The van der Waals surface area contributed by atoms with Crippen LogP contribution in [0.25, 0.3) is 11.1 Å². The molecule has 0 saturated heterocycles. The Morgan fingerprint density at radius 2 is 1.71 bits per heavy atom. The lowest BCUT2D eigenvalue weighted by Gasteiger charge is -2.11. The van der Waals surface area contributed by atoms with E-state index in [2.05, 4.69) is 20.0 Å². The van der Waals surface area contributed by atoms with Gasteiger partial charge in [-0.25, -0.2) is 18.4 Å². The Morgan fingerprint density at radius 3 is 2.39 bits per heavy atom. The smallest absolute Gasteiger partial charge is 0.261 e. The minimum atomic E-state index is -3.88. The number of carbonyl (C=O) groups is 1. The van der Waals surface area contributed by atoms with Gasteiger partial charge >= 0.3 is 0 Å². The number of nitrogens with zero attached hydrogens (tertiary/aromatic N) is 2. The highest BCUT2D eigenvalue weighted by molar-refractivity contribution is 7.92. The number of halogens is 2. The maximum Gasteiger partial charge on any atom is 0.261 e. The van der Waals surface area contributed by atoms with Crippen molar-refractivity contribution in [1.82, 2.24) is 9.97 Å². The third-order valence-electron chi connectivity index (χ3n) is 3.60. The van der Waals surface area contributed by atoms with Crippen molar-refractivity contribution in [1.29, 1.82) is 0 Å². The van der Waals surface area contributed by atoms with E-state index in [1.54, 1.807) is 18.2 Å². The van der Waals surface area contributed by atoms with E-state index in [1.807, 2.05) is 0 Å². The van der Waals surface area contributed by atoms with Crippen molar-refractivity contribution >= 4 is 50.6 Å². The largest absolute Gasteiger partial charge is 0.311 e. The molecule has 7 nitrogen and oxygen atoms in total. The molecular formula is C18H14Cl2N4O3S. The average Bonchev–Trinajstić information content (AvgIpc) is 2.63. The quantitative estimate of drug-likeness (QED) is 0.583. The summed E-state index contributed by atoms with van der Waals surface area (Å²) in [5.41, 5.74) is 1.38. The highest BCUT2D eigenvalue weighted by Crippen LogP contribution is 2.29. The van der Waals surface area contributed by atoms with E-state index in [4.69, 9.17) is 23.2 Å². The lowest BCUT2D eigenvalue weighted by atomic mass is 10.1. The van der Waals surface area contributed by atoms with Crippen LogP contribution >= 0.6 is 23.2 Å². The first kappa shape index (κ1) is 20.1. The molecule has 0 saturated carbocycles. The van der Waals surface area contributed by atoms with Crippen molar-refractivity contribution in [2.45, 2.75) is 11.8 Å². The Labute approximate surface area is 171 Å². The van der Waals surface area contributed by atoms with Crippen LogP contribution in [0.3, 0.4) is 0 Å². The maximum atomic E-state index is 12.6. The topological polar surface area (TPSA) is 101 Å². The maximum absolute atomic E-state index is 12.6. The summed E-state index contributed by atoms with van der Waals surface area (Å²) < 4.78 is 27.6. The van der Waals surface area contributed by atoms with E-state index >= 15 is 0 Å². The van der Waals surface area contributed by atoms with Gasteiger partial charge in [0.15, 0.2) is 5.15 Å². The molecule has 3 rings (SSSR count). The van der Waals surface area contributed by atoms with Gasteiger partial charge < -0.3 is 5.32 Å². The van der Waals surface area contributed by atoms with Crippen molar-refractivity contribution in [2.24, 2.45) is 0 Å². The summed E-state index contributed by atoms with van der Waals surface area (Å²) in [6, 6.07) is 10.6. The molecule has 0 radical (unpaired) electrons. The Kier molecular flexibility index (Phi) is 5.83. The van der Waals surface area contributed by atoms with Crippen LogP contribution < -0.4 is 10.0 Å². The predicted octanol–water partition coefficient (Wildman–Crippen LogP) is 4.21. The molecule has 1 aromatic carbocycles. The highest BCUT2D eigenvalue weighted by atomic mass is 35.5. The van der Waals surface area contributed by atoms with Gasteiger partial charge in [-0.3, -0.25) is 9.52 Å². The molecule has 0 unspecified atom stereocenters. The van der Waals surface area contributed by atoms with Gasteiger partial charge in [-0.1, -0.05) is 23.2 Å². The van der Waals surface area contributed by atoms with Crippen molar-refractivity contribution in [2.75, 3.05) is 10.0 Å². The summed E-state index contributed by atoms with van der Waals surface area (Å²) in [5.74, 6) is 0.110. The molecule has 0 spiro atoms. The van der Waals surface area contributed by atoms with Crippen LogP contribution in [-0.4, -0.2) is 24.3 Å². The van der Waals surface area contributed by atoms with Crippen molar-refractivity contribution in [3.05, 3.63) is 65.0 Å². The number of hydrogen-bond acceptors (Lipinski definition) is 5. The third kappa shape index (κ3) is 4.78. The van der Waals surface area contributed by atoms with Crippen LogP contribution in [0.4, 0.5) is 11.5 Å². The summed E-state index contributed by atoms with van der Waals surface area (Å²) in [4.78, 5) is 19.3. The van der Waals surface area contributed by atoms with Gasteiger partial charge in [0.05, 0.1) is 10.6 Å². The van der Waals surface area contributed by atoms with E-state index in [-0.39, 0.29) is 21.6 Å². The first-order chi connectivity index (χ1) is 13.2. The summed E-state index contributed by atoms with van der Waals surface area (Å²) in [7, 11) is -3.88. The van der Waals surface area contributed by atoms with Gasteiger partial charge in [-0.2, -0.15) is 0 Å². The zero-order valence-electron chi connectivity index (χ0n) is 14.5. The second kappa shape index (κ2) is 8.14. The van der Waals surface area contributed by atoms with E-state index < -0.39 is 10.0 Å². The number of hydrogen-bond donors (Lipinski definition) is 2. The van der Waals surface area contributed by atoms with E-state index in [1.165, 1.54) is 43.6 Å². The zero-order valence-corrected chi connectivity index (χ0v) is 16.8. The minimum absolute atomic E-state index is 0.00238. The average molecular weight is 437 g/mol. The van der Waals surface area contributed by atoms with Gasteiger partial charge in [0.25, 0.3) is 10.0 Å². The van der Waals surface area contributed by atoms with Crippen LogP contribution in [-0.2, 0) is 14.8 Å². The van der Waals surface area contributed by atoms with Crippen LogP contribution in [0.15, 0.2) is 59.8 Å². The van der Waals surface area contributed by atoms with Crippen molar-refractivity contribution in [3.8, 4) is 11.1 Å². The van der Waals surface area contributed by atoms with E-state index in [0.29, 0.717) is 22.0 Å². The molecule has 0 bridgehead atoms. The van der Waals surface area contributed by atoms with Crippen LogP contribution in [0, 0.1) is 0 Å². The fourth-order valence-electron chi connectivity index (χ4n) is 2.35. The lowest BCUT2D eigenvalue weighted by Crippen LogP contribution is -2.13. The van der Waals surface area contributed by atoms with Gasteiger partial charge in [-0.05, 0) is 48.0 Å². The molecule has 144 valence electrons. The van der Waals surface area contributed by atoms with Gasteiger partial charge in [-0.15, -0.1) is 0 Å². The fourth-order valence-corrected chi connectivity index (χ4v) is 3.74. The number of rotatable bonds is 5. The van der Waals surface area contributed by atoms with Gasteiger partial charge in [0.2, 0.25) is 5.91 Å².